The topological polar surface area (TPSA) is 163 Å². The van der Waals surface area contributed by atoms with Gasteiger partial charge in [-0.25, -0.2) is 9.97 Å². The molecule has 0 spiro atoms. The average molecular weight is 810 g/mol. The number of amides is 1. The van der Waals surface area contributed by atoms with Gasteiger partial charge in [-0.05, 0) is 86.0 Å². The zero-order chi connectivity index (χ0) is 40.9. The van der Waals surface area contributed by atoms with Crippen molar-refractivity contribution in [1.82, 2.24) is 39.6 Å². The summed E-state index contributed by atoms with van der Waals surface area (Å²) < 4.78 is 14.9. The molecule has 60 heavy (non-hydrogen) atoms. The predicted octanol–water partition coefficient (Wildman–Crippen LogP) is 7.01. The monoisotopic (exact) mass is 809 g/mol. The summed E-state index contributed by atoms with van der Waals surface area (Å²) in [5.74, 6) is 2.63. The highest BCUT2D eigenvalue weighted by atomic mass is 16.5. The third-order valence-electron chi connectivity index (χ3n) is 13.0. The number of morpholine rings is 1. The number of hydrogen-bond donors (Lipinski definition) is 5. The second-order valence-corrected chi connectivity index (χ2v) is 17.2. The summed E-state index contributed by atoms with van der Waals surface area (Å²) >= 11 is 0. The molecule has 3 aromatic carbocycles. The van der Waals surface area contributed by atoms with Crippen LogP contribution in [0.5, 0.6) is 5.75 Å². The number of fused-ring (bicyclic) bond motifs is 5. The van der Waals surface area contributed by atoms with E-state index in [4.69, 9.17) is 25.2 Å². The number of imidazole rings is 2. The Hall–Kier alpha value is -5.31. The van der Waals surface area contributed by atoms with Gasteiger partial charge in [0.1, 0.15) is 23.6 Å². The van der Waals surface area contributed by atoms with Crippen molar-refractivity contribution in [2.45, 2.75) is 83.0 Å². The molecular formula is C47H55N9O4. The van der Waals surface area contributed by atoms with Crippen molar-refractivity contribution in [3.63, 3.8) is 0 Å². The third-order valence-corrected chi connectivity index (χ3v) is 13.0. The summed E-state index contributed by atoms with van der Waals surface area (Å²) in [4.78, 5) is 34.0. The number of likely N-dealkylation sites (tertiary alicyclic amines) is 1. The van der Waals surface area contributed by atoms with Gasteiger partial charge in [-0.2, -0.15) is 0 Å². The maximum Gasteiger partial charge on any atom is 0.240 e. The number of carbonyl (C=O) groups excluding carboxylic acids is 1. The molecule has 5 atom stereocenters. The summed E-state index contributed by atoms with van der Waals surface area (Å²) in [7, 11) is 0. The molecule has 6 N–H and O–H groups in total. The molecule has 0 saturated carbocycles. The van der Waals surface area contributed by atoms with Crippen LogP contribution in [0.25, 0.3) is 44.7 Å². The van der Waals surface area contributed by atoms with Crippen molar-refractivity contribution < 1.29 is 19.4 Å². The number of carbonyl (C=O) groups is 1. The number of ether oxygens (including phenoxy) is 2. The fourth-order valence-electron chi connectivity index (χ4n) is 9.56. The Bertz CT molecular complexity index is 2490. The third kappa shape index (κ3) is 7.32. The standard InChI is InChI=1S/C47H55N9O4/c1-28(2)43(48)47(58)55-17-5-9-39(55)45-51-27-37(53-45)31-11-13-34-40-24-33-23-30(36-26-50-44(52-36)35-8-4-16-49-35)12-14-38(33)56(40)42(60-41(34)25-31)15-10-29-6-3-7-32(22-29)46(57)54-18-20-59-21-19-54/h3,6-7,11-14,22-28,35,39,42-43,46,49,57H,4-5,8-10,15-21,48H2,1-2H3,(H,50,52)(H,51,53). The number of nitrogens with two attached hydrogens (primary N) is 1. The lowest BCUT2D eigenvalue weighted by atomic mass is 10.0. The SMILES string of the molecule is CC(C)C(N)C(=O)N1CCCC1c1ncc(-c2ccc3c(c2)OC(CCc2cccc(C(O)N4CCOCC4)c2)n2c-3cc3cc(-c4cnc(C5CCCN5)[nH]4)ccc32)[nH]1. The van der Waals surface area contributed by atoms with Crippen LogP contribution < -0.4 is 15.8 Å². The highest BCUT2D eigenvalue weighted by Crippen LogP contribution is 2.46. The van der Waals surface area contributed by atoms with Gasteiger partial charge in [-0.3, -0.25) is 9.69 Å². The largest absolute Gasteiger partial charge is 0.469 e. The molecule has 312 valence electrons. The number of aliphatic hydroxyl groups is 1. The molecule has 3 saturated heterocycles. The second kappa shape index (κ2) is 16.3. The van der Waals surface area contributed by atoms with E-state index in [1.54, 1.807) is 0 Å². The predicted molar refractivity (Wildman–Crippen MR) is 231 cm³/mol. The Balaban J connectivity index is 0.964. The Labute approximate surface area is 350 Å². The van der Waals surface area contributed by atoms with E-state index >= 15 is 0 Å². The van der Waals surface area contributed by atoms with Crippen molar-refractivity contribution in [3.05, 3.63) is 102 Å². The van der Waals surface area contributed by atoms with E-state index in [1.165, 1.54) is 0 Å². The number of nitrogens with one attached hydrogen (secondary N) is 3. The molecule has 3 aromatic heterocycles. The second-order valence-electron chi connectivity index (χ2n) is 17.2. The lowest BCUT2D eigenvalue weighted by Gasteiger charge is -2.31. The number of nitrogens with zero attached hydrogens (tertiary/aromatic N) is 5. The molecule has 13 nitrogen and oxygen atoms in total. The molecule has 6 aromatic rings. The molecule has 4 aliphatic heterocycles. The van der Waals surface area contributed by atoms with Gasteiger partial charge in [0.15, 0.2) is 6.23 Å². The maximum absolute atomic E-state index is 13.3. The van der Waals surface area contributed by atoms with Crippen LogP contribution in [-0.2, 0) is 16.0 Å². The van der Waals surface area contributed by atoms with E-state index in [9.17, 15) is 9.90 Å². The minimum Gasteiger partial charge on any atom is -0.469 e. The van der Waals surface area contributed by atoms with Crippen molar-refractivity contribution >= 4 is 16.8 Å². The summed E-state index contributed by atoms with van der Waals surface area (Å²) in [5, 5.41) is 15.9. The average Bonchev–Trinajstić information content (AvgIpc) is 4.14. The number of aromatic amines is 2. The van der Waals surface area contributed by atoms with Crippen LogP contribution in [-0.4, -0.2) is 90.8 Å². The summed E-state index contributed by atoms with van der Waals surface area (Å²) in [6.45, 7) is 8.35. The van der Waals surface area contributed by atoms with Gasteiger partial charge >= 0.3 is 0 Å². The van der Waals surface area contributed by atoms with E-state index < -0.39 is 12.3 Å². The molecule has 13 heteroatoms. The van der Waals surface area contributed by atoms with E-state index in [0.29, 0.717) is 32.8 Å². The Morgan fingerprint density at radius 2 is 1.70 bits per heavy atom. The molecule has 7 heterocycles. The van der Waals surface area contributed by atoms with Gasteiger partial charge in [0.25, 0.3) is 0 Å². The molecular weight excluding hydrogens is 755 g/mol. The molecule has 3 fully saturated rings. The molecule has 0 bridgehead atoms. The molecule has 5 unspecified atom stereocenters. The summed E-state index contributed by atoms with van der Waals surface area (Å²) in [6.07, 6.45) is 8.35. The maximum atomic E-state index is 13.3. The quantitative estimate of drug-likeness (QED) is 0.0928. The highest BCUT2D eigenvalue weighted by Gasteiger charge is 2.36. The number of rotatable bonds is 11. The molecule has 1 amide bonds. The van der Waals surface area contributed by atoms with Crippen LogP contribution in [0.3, 0.4) is 0 Å². The Kier molecular flexibility index (Phi) is 10.5. The number of hydrogen-bond acceptors (Lipinski definition) is 9. The number of aliphatic hydroxyl groups excluding tert-OH is 1. The van der Waals surface area contributed by atoms with Crippen LogP contribution in [0.1, 0.15) is 93.3 Å². The van der Waals surface area contributed by atoms with Gasteiger partial charge in [-0.1, -0.05) is 50.2 Å². The normalized spacial score (nSPS) is 21.6. The van der Waals surface area contributed by atoms with Gasteiger partial charge in [0.2, 0.25) is 5.91 Å². The van der Waals surface area contributed by atoms with Crippen LogP contribution in [0.15, 0.2) is 79.1 Å². The van der Waals surface area contributed by atoms with Crippen molar-refractivity contribution in [3.8, 4) is 39.5 Å². The van der Waals surface area contributed by atoms with Crippen molar-refractivity contribution in [2.75, 3.05) is 39.4 Å². The first kappa shape index (κ1) is 38.9. The highest BCUT2D eigenvalue weighted by molar-refractivity contribution is 5.92. The molecule has 0 aliphatic carbocycles. The number of aryl methyl sites for hydroxylation is 1. The lowest BCUT2D eigenvalue weighted by Crippen LogP contribution is -2.46. The van der Waals surface area contributed by atoms with Crippen LogP contribution >= 0.6 is 0 Å². The fourth-order valence-corrected chi connectivity index (χ4v) is 9.56. The number of benzene rings is 3. The molecule has 4 aliphatic rings. The Morgan fingerprint density at radius 3 is 2.50 bits per heavy atom. The first-order valence-corrected chi connectivity index (χ1v) is 21.7. The summed E-state index contributed by atoms with van der Waals surface area (Å²) in [6, 6.07) is 23.2. The van der Waals surface area contributed by atoms with Gasteiger partial charge in [-0.15, -0.1) is 0 Å². The van der Waals surface area contributed by atoms with E-state index in [2.05, 4.69) is 79.3 Å². The van der Waals surface area contributed by atoms with Crippen LogP contribution in [0, 0.1) is 5.92 Å². The van der Waals surface area contributed by atoms with Gasteiger partial charge < -0.3 is 45.1 Å². The van der Waals surface area contributed by atoms with Crippen LogP contribution in [0.2, 0.25) is 0 Å². The molecule has 10 rings (SSSR count). The zero-order valence-electron chi connectivity index (χ0n) is 34.4. The Morgan fingerprint density at radius 1 is 0.917 bits per heavy atom. The van der Waals surface area contributed by atoms with Gasteiger partial charge in [0.05, 0.1) is 66.3 Å². The van der Waals surface area contributed by atoms with E-state index in [1.807, 2.05) is 43.3 Å². The van der Waals surface area contributed by atoms with Crippen molar-refractivity contribution in [2.24, 2.45) is 11.7 Å². The number of aromatic nitrogens is 5. The summed E-state index contributed by atoms with van der Waals surface area (Å²) in [5.41, 5.74) is 15.5. The van der Waals surface area contributed by atoms with E-state index in [0.717, 1.165) is 118 Å². The van der Waals surface area contributed by atoms with Gasteiger partial charge in [0, 0.05) is 48.1 Å². The van der Waals surface area contributed by atoms with Crippen LogP contribution in [0.4, 0.5) is 0 Å². The molecule has 0 radical (unpaired) electrons. The first-order chi connectivity index (χ1) is 29.3. The first-order valence-electron chi connectivity index (χ1n) is 21.7. The fraction of sp³-hybridized carbons (Fsp3) is 0.426. The zero-order valence-corrected chi connectivity index (χ0v) is 34.4. The minimum atomic E-state index is -0.669. The van der Waals surface area contributed by atoms with E-state index in [-0.39, 0.29) is 30.1 Å². The number of H-pyrrole nitrogens is 2. The minimum absolute atomic E-state index is 0.0168. The smallest absolute Gasteiger partial charge is 0.240 e. The van der Waals surface area contributed by atoms with Crippen molar-refractivity contribution in [1.29, 1.82) is 0 Å². The lowest BCUT2D eigenvalue weighted by molar-refractivity contribution is -0.134.